The van der Waals surface area contributed by atoms with Gasteiger partial charge in [-0.3, -0.25) is 0 Å². The molecule has 2 aromatic carbocycles. The van der Waals surface area contributed by atoms with Crippen molar-refractivity contribution in [2.75, 3.05) is 16.8 Å². The van der Waals surface area contributed by atoms with Gasteiger partial charge in [-0.1, -0.05) is 12.1 Å². The number of anilines is 3. The van der Waals surface area contributed by atoms with Gasteiger partial charge in [0.2, 0.25) is 0 Å². The van der Waals surface area contributed by atoms with Crippen LogP contribution in [-0.2, 0) is 6.54 Å². The molecule has 0 bridgehead atoms. The lowest BCUT2D eigenvalue weighted by Crippen LogP contribution is -2.03. The molecule has 0 heterocycles. The summed E-state index contributed by atoms with van der Waals surface area (Å²) in [6.07, 6.45) is 0. The van der Waals surface area contributed by atoms with Gasteiger partial charge in [-0.2, -0.15) is 0 Å². The number of nitrogens with one attached hydrogen (secondary N) is 1. The van der Waals surface area contributed by atoms with E-state index in [-0.39, 0.29) is 5.82 Å². The Morgan fingerprint density at radius 2 is 1.63 bits per heavy atom. The zero-order valence-electron chi connectivity index (χ0n) is 11.1. The smallest absolute Gasteiger partial charge is 0.129 e. The van der Waals surface area contributed by atoms with E-state index in [1.54, 1.807) is 26.0 Å². The summed E-state index contributed by atoms with van der Waals surface area (Å²) in [5.74, 6) is -0.138. The van der Waals surface area contributed by atoms with E-state index in [1.807, 2.05) is 18.2 Å². The molecule has 0 fully saturated rings. The van der Waals surface area contributed by atoms with Gasteiger partial charge in [-0.25, -0.2) is 4.39 Å². The van der Waals surface area contributed by atoms with Crippen LogP contribution >= 0.6 is 0 Å². The summed E-state index contributed by atoms with van der Waals surface area (Å²) in [6.45, 7) is 4.16. The zero-order chi connectivity index (χ0) is 14.0. The van der Waals surface area contributed by atoms with Crippen LogP contribution in [0.4, 0.5) is 21.5 Å². The number of rotatable bonds is 3. The maximum absolute atomic E-state index is 13.5. The van der Waals surface area contributed by atoms with Crippen molar-refractivity contribution in [2.45, 2.75) is 20.4 Å². The maximum atomic E-state index is 13.5. The van der Waals surface area contributed by atoms with Crippen molar-refractivity contribution in [3.63, 3.8) is 0 Å². The molecule has 100 valence electrons. The fourth-order valence-electron chi connectivity index (χ4n) is 2.03. The number of benzene rings is 2. The Kier molecular flexibility index (Phi) is 3.60. The normalized spacial score (nSPS) is 10.5. The van der Waals surface area contributed by atoms with Gasteiger partial charge in [0.15, 0.2) is 0 Å². The molecule has 0 spiro atoms. The highest BCUT2D eigenvalue weighted by molar-refractivity contribution is 5.69. The lowest BCUT2D eigenvalue weighted by Gasteiger charge is -2.10. The molecule has 4 heteroatoms. The maximum Gasteiger partial charge on any atom is 0.129 e. The number of nitrogens with two attached hydrogens (primary N) is 2. The molecule has 19 heavy (non-hydrogen) atoms. The first kappa shape index (κ1) is 13.2. The second kappa shape index (κ2) is 5.18. The third-order valence-electron chi connectivity index (χ3n) is 3.08. The first-order chi connectivity index (χ1) is 8.97. The van der Waals surface area contributed by atoms with E-state index >= 15 is 0 Å². The average molecular weight is 259 g/mol. The number of hydrogen-bond acceptors (Lipinski definition) is 3. The SMILES string of the molecule is Cc1cc(CNc2ccc(N)c(N)c2)cc(C)c1F. The van der Waals surface area contributed by atoms with Crippen LogP contribution in [0.1, 0.15) is 16.7 Å². The van der Waals surface area contributed by atoms with Crippen LogP contribution in [0.2, 0.25) is 0 Å². The largest absolute Gasteiger partial charge is 0.397 e. The summed E-state index contributed by atoms with van der Waals surface area (Å²) < 4.78 is 13.5. The van der Waals surface area contributed by atoms with Crippen molar-refractivity contribution in [1.82, 2.24) is 0 Å². The van der Waals surface area contributed by atoms with E-state index in [2.05, 4.69) is 5.32 Å². The van der Waals surface area contributed by atoms with E-state index in [0.717, 1.165) is 11.3 Å². The van der Waals surface area contributed by atoms with Gasteiger partial charge < -0.3 is 16.8 Å². The minimum Gasteiger partial charge on any atom is -0.397 e. The number of hydrogen-bond donors (Lipinski definition) is 3. The molecule has 0 amide bonds. The van der Waals surface area contributed by atoms with Crippen LogP contribution < -0.4 is 16.8 Å². The third-order valence-corrected chi connectivity index (χ3v) is 3.08. The molecule has 0 atom stereocenters. The lowest BCUT2D eigenvalue weighted by molar-refractivity contribution is 0.608. The van der Waals surface area contributed by atoms with Crippen LogP contribution in [0.25, 0.3) is 0 Å². The highest BCUT2D eigenvalue weighted by Gasteiger charge is 2.04. The molecule has 0 aliphatic rings. The summed E-state index contributed by atoms with van der Waals surface area (Å²) in [6, 6.07) is 9.11. The Balaban J connectivity index is 2.12. The van der Waals surface area contributed by atoms with Crippen molar-refractivity contribution < 1.29 is 4.39 Å². The Labute approximate surface area is 112 Å². The minimum absolute atomic E-state index is 0.138. The van der Waals surface area contributed by atoms with E-state index in [1.165, 1.54) is 0 Å². The van der Waals surface area contributed by atoms with E-state index in [0.29, 0.717) is 29.0 Å². The van der Waals surface area contributed by atoms with Crippen LogP contribution in [0, 0.1) is 19.7 Å². The second-order valence-electron chi connectivity index (χ2n) is 4.74. The Bertz CT molecular complexity index is 585. The standard InChI is InChI=1S/C15H18FN3/c1-9-5-11(6-10(2)15(9)16)8-19-12-3-4-13(17)14(18)7-12/h3-7,19H,8,17-18H2,1-2H3. The Hall–Kier alpha value is -2.23. The van der Waals surface area contributed by atoms with Gasteiger partial charge >= 0.3 is 0 Å². The van der Waals surface area contributed by atoms with Crippen molar-refractivity contribution in [1.29, 1.82) is 0 Å². The van der Waals surface area contributed by atoms with Crippen LogP contribution in [0.3, 0.4) is 0 Å². The third kappa shape index (κ3) is 2.96. The van der Waals surface area contributed by atoms with Crippen LogP contribution in [-0.4, -0.2) is 0 Å². The molecule has 0 aliphatic carbocycles. The summed E-state index contributed by atoms with van der Waals surface area (Å²) >= 11 is 0. The van der Waals surface area contributed by atoms with E-state index in [4.69, 9.17) is 11.5 Å². The molecule has 3 nitrogen and oxygen atoms in total. The second-order valence-corrected chi connectivity index (χ2v) is 4.74. The first-order valence-electron chi connectivity index (χ1n) is 6.12. The highest BCUT2D eigenvalue weighted by Crippen LogP contribution is 2.21. The predicted molar refractivity (Wildman–Crippen MR) is 78.5 cm³/mol. The average Bonchev–Trinajstić information content (AvgIpc) is 2.37. The number of nitrogen functional groups attached to an aromatic ring is 2. The van der Waals surface area contributed by atoms with Gasteiger partial charge in [0.1, 0.15) is 5.82 Å². The minimum atomic E-state index is -0.138. The zero-order valence-corrected chi connectivity index (χ0v) is 11.1. The molecule has 2 rings (SSSR count). The topological polar surface area (TPSA) is 64.1 Å². The van der Waals surface area contributed by atoms with Gasteiger partial charge in [0, 0.05) is 12.2 Å². The summed E-state index contributed by atoms with van der Waals surface area (Å²) in [5, 5.41) is 3.24. The molecule has 0 aromatic heterocycles. The molecule has 2 aromatic rings. The van der Waals surface area contributed by atoms with Gasteiger partial charge in [0.25, 0.3) is 0 Å². The molecule has 5 N–H and O–H groups in total. The van der Waals surface area contributed by atoms with E-state index in [9.17, 15) is 4.39 Å². The fourth-order valence-corrected chi connectivity index (χ4v) is 2.03. The molecule has 0 aliphatic heterocycles. The van der Waals surface area contributed by atoms with Crippen LogP contribution in [0.15, 0.2) is 30.3 Å². The Morgan fingerprint density at radius 3 is 2.21 bits per heavy atom. The van der Waals surface area contributed by atoms with E-state index < -0.39 is 0 Å². The van der Waals surface area contributed by atoms with Crippen molar-refractivity contribution in [3.8, 4) is 0 Å². The quantitative estimate of drug-likeness (QED) is 0.741. The van der Waals surface area contributed by atoms with Crippen molar-refractivity contribution >= 4 is 17.1 Å². The fraction of sp³-hybridized carbons (Fsp3) is 0.200. The molecular formula is C15H18FN3. The summed E-state index contributed by atoms with van der Waals surface area (Å²) in [4.78, 5) is 0. The molecule has 0 radical (unpaired) electrons. The highest BCUT2D eigenvalue weighted by atomic mass is 19.1. The predicted octanol–water partition coefficient (Wildman–Crippen LogP) is 3.22. The van der Waals surface area contributed by atoms with Gasteiger partial charge in [0.05, 0.1) is 11.4 Å². The monoisotopic (exact) mass is 259 g/mol. The summed E-state index contributed by atoms with van der Waals surface area (Å²) in [5.41, 5.74) is 15.8. The van der Waals surface area contributed by atoms with Crippen molar-refractivity contribution in [2.24, 2.45) is 0 Å². The Morgan fingerprint density at radius 1 is 1.00 bits per heavy atom. The first-order valence-corrected chi connectivity index (χ1v) is 6.12. The lowest BCUT2D eigenvalue weighted by atomic mass is 10.1. The van der Waals surface area contributed by atoms with Gasteiger partial charge in [-0.15, -0.1) is 0 Å². The molecule has 0 unspecified atom stereocenters. The number of halogens is 1. The number of aryl methyl sites for hydroxylation is 2. The van der Waals surface area contributed by atoms with Crippen molar-refractivity contribution in [3.05, 3.63) is 52.8 Å². The summed E-state index contributed by atoms with van der Waals surface area (Å²) in [7, 11) is 0. The van der Waals surface area contributed by atoms with Gasteiger partial charge in [-0.05, 0) is 48.7 Å². The van der Waals surface area contributed by atoms with Crippen LogP contribution in [0.5, 0.6) is 0 Å². The molecule has 0 saturated carbocycles. The molecular weight excluding hydrogens is 241 g/mol. The molecule has 0 saturated heterocycles.